The summed E-state index contributed by atoms with van der Waals surface area (Å²) in [6.45, 7) is 0.614. The third-order valence-electron chi connectivity index (χ3n) is 2.81. The Morgan fingerprint density at radius 3 is 2.48 bits per heavy atom. The number of pyridine rings is 2. The fraction of sp³-hybridized carbons (Fsp3) is 0.143. The molecule has 0 saturated heterocycles. The van der Waals surface area contributed by atoms with Crippen LogP contribution in [0.3, 0.4) is 0 Å². The van der Waals surface area contributed by atoms with E-state index in [0.29, 0.717) is 24.7 Å². The van der Waals surface area contributed by atoms with E-state index in [1.54, 1.807) is 39.7 Å². The summed E-state index contributed by atoms with van der Waals surface area (Å²) in [5.74, 6) is -0.462. The molecule has 0 radical (unpaired) electrons. The van der Waals surface area contributed by atoms with Crippen molar-refractivity contribution in [2.75, 3.05) is 0 Å². The van der Waals surface area contributed by atoms with Crippen molar-refractivity contribution in [3.63, 3.8) is 0 Å². The van der Waals surface area contributed by atoms with Gasteiger partial charge < -0.3 is 35.8 Å². The van der Waals surface area contributed by atoms with Gasteiger partial charge in [-0.25, -0.2) is 0 Å². The molecule has 0 aliphatic rings. The molecule has 1 amide bonds. The number of hydrogen-bond donors (Lipinski definition) is 2. The van der Waals surface area contributed by atoms with Crippen LogP contribution in [0.4, 0.5) is 0 Å². The van der Waals surface area contributed by atoms with Crippen molar-refractivity contribution in [2.24, 2.45) is 10.9 Å². The highest BCUT2D eigenvalue weighted by atomic mass is 35.5. The van der Waals surface area contributed by atoms with Gasteiger partial charge in [0, 0.05) is 24.3 Å². The number of halogens is 2. The fourth-order valence-corrected chi connectivity index (χ4v) is 1.74. The van der Waals surface area contributed by atoms with Crippen LogP contribution in [0.2, 0.25) is 0 Å². The maximum absolute atomic E-state index is 11.0. The molecule has 7 nitrogen and oxygen atoms in total. The second-order valence-corrected chi connectivity index (χ2v) is 4.27. The standard InChI is InChI=1S/C14H14N4O3.2ClH/c15-14(19)12-4-7-17(8-5-12)10-21-11-18-6-2-1-3-13(18)9-16-20;;/h1-9H,10-11H2,(H-,15,19);2*1H/i9+2;;. The maximum Gasteiger partial charge on any atom is 0.258 e. The van der Waals surface area contributed by atoms with Gasteiger partial charge in [0.05, 0.1) is 5.56 Å². The second-order valence-electron chi connectivity index (χ2n) is 4.27. The number of rotatable bonds is 6. The van der Waals surface area contributed by atoms with Crippen molar-refractivity contribution in [3.05, 3.63) is 60.2 Å². The van der Waals surface area contributed by atoms with Gasteiger partial charge in [-0.05, 0) is 6.07 Å². The van der Waals surface area contributed by atoms with E-state index in [4.69, 9.17) is 15.7 Å². The van der Waals surface area contributed by atoms with Gasteiger partial charge in [0.2, 0.25) is 11.6 Å². The molecule has 23 heavy (non-hydrogen) atoms. The van der Waals surface area contributed by atoms with Crippen LogP contribution in [-0.2, 0) is 18.2 Å². The SMILES string of the molecule is NC(=O)c1cc[n+](COC[n+]2ccccc2/[14CH]=N/O)cc1.[Cl-].[Cl-]. The molecule has 0 aromatic carbocycles. The molecule has 0 unspecified atom stereocenters. The lowest BCUT2D eigenvalue weighted by atomic mass is 10.2. The summed E-state index contributed by atoms with van der Waals surface area (Å²) in [6.07, 6.45) is 6.58. The van der Waals surface area contributed by atoms with Gasteiger partial charge in [-0.15, -0.1) is 0 Å². The van der Waals surface area contributed by atoms with Crippen LogP contribution in [0.1, 0.15) is 16.1 Å². The third kappa shape index (κ3) is 6.19. The number of primary amides is 1. The van der Waals surface area contributed by atoms with Gasteiger partial charge in [0.25, 0.3) is 13.5 Å². The van der Waals surface area contributed by atoms with Crippen molar-refractivity contribution >= 4 is 12.1 Å². The van der Waals surface area contributed by atoms with Crippen molar-refractivity contribution in [2.45, 2.75) is 13.5 Å². The zero-order valence-electron chi connectivity index (χ0n) is 12.0. The summed E-state index contributed by atoms with van der Waals surface area (Å²) in [4.78, 5) is 11.0. The minimum atomic E-state index is -0.462. The minimum Gasteiger partial charge on any atom is -1.00 e. The number of carbonyl (C=O) groups is 1. The van der Waals surface area contributed by atoms with Gasteiger partial charge in [-0.3, -0.25) is 9.53 Å². The van der Waals surface area contributed by atoms with E-state index in [-0.39, 0.29) is 24.8 Å². The van der Waals surface area contributed by atoms with Gasteiger partial charge in [0.1, 0.15) is 6.21 Å². The zero-order chi connectivity index (χ0) is 15.1. The molecule has 0 aliphatic heterocycles. The topological polar surface area (TPSA) is 92.7 Å². The van der Waals surface area contributed by atoms with Crippen molar-refractivity contribution < 1.29 is 48.7 Å². The zero-order valence-corrected chi connectivity index (χ0v) is 13.6. The Bertz CT molecular complexity index is 651. The van der Waals surface area contributed by atoms with Crippen LogP contribution in [0.25, 0.3) is 0 Å². The summed E-state index contributed by atoms with van der Waals surface area (Å²) in [6, 6.07) is 8.76. The molecule has 2 rings (SSSR count). The Morgan fingerprint density at radius 2 is 1.87 bits per heavy atom. The molecule has 0 fully saturated rings. The fourth-order valence-electron chi connectivity index (χ4n) is 1.74. The first kappa shape index (κ1) is 20.8. The molecule has 0 spiro atoms. The predicted octanol–water partition coefficient (Wildman–Crippen LogP) is -6.19. The molecule has 0 aliphatic carbocycles. The number of nitrogens with two attached hydrogens (primary N) is 1. The van der Waals surface area contributed by atoms with Crippen LogP contribution in [-0.4, -0.2) is 17.3 Å². The van der Waals surface area contributed by atoms with Crippen LogP contribution < -0.4 is 39.7 Å². The normalized spacial score (nSPS) is 9.91. The van der Waals surface area contributed by atoms with E-state index >= 15 is 0 Å². The molecular weight excluding hydrogens is 345 g/mol. The largest absolute Gasteiger partial charge is 1.00 e. The summed E-state index contributed by atoms with van der Waals surface area (Å²) in [5, 5.41) is 11.6. The Labute approximate surface area is 145 Å². The number of ether oxygens (including phenoxy) is 1. The van der Waals surface area contributed by atoms with Crippen LogP contribution in [0.15, 0.2) is 54.1 Å². The van der Waals surface area contributed by atoms with Gasteiger partial charge >= 0.3 is 0 Å². The Balaban J connectivity index is 0.00000242. The first-order chi connectivity index (χ1) is 10.2. The van der Waals surface area contributed by atoms with E-state index in [1.807, 2.05) is 18.3 Å². The summed E-state index contributed by atoms with van der Waals surface area (Å²) >= 11 is 0. The first-order valence-corrected chi connectivity index (χ1v) is 6.23. The van der Waals surface area contributed by atoms with E-state index in [9.17, 15) is 4.79 Å². The first-order valence-electron chi connectivity index (χ1n) is 6.23. The minimum absolute atomic E-state index is 0. The number of carbonyl (C=O) groups excluding carboxylic acids is 1. The Morgan fingerprint density at radius 1 is 1.17 bits per heavy atom. The lowest BCUT2D eigenvalue weighted by molar-refractivity contribution is -0.788. The molecular formula is C14H16Cl2N4O3. The van der Waals surface area contributed by atoms with Crippen molar-refractivity contribution in [1.29, 1.82) is 0 Å². The summed E-state index contributed by atoms with van der Waals surface area (Å²) < 4.78 is 9.12. The molecule has 0 saturated carbocycles. The lowest BCUT2D eigenvalue weighted by Gasteiger charge is -2.00. The highest BCUT2D eigenvalue weighted by Crippen LogP contribution is 1.93. The molecule has 3 N–H and O–H groups in total. The molecule has 0 bridgehead atoms. The van der Waals surface area contributed by atoms with Gasteiger partial charge in [0.15, 0.2) is 18.6 Å². The molecule has 2 aromatic rings. The molecule has 124 valence electrons. The van der Waals surface area contributed by atoms with E-state index in [1.165, 1.54) is 6.21 Å². The number of oxime groups is 1. The van der Waals surface area contributed by atoms with Gasteiger partial charge in [-0.1, -0.05) is 5.16 Å². The monoisotopic (exact) mass is 360 g/mol. The average Bonchev–Trinajstić information content (AvgIpc) is 2.50. The highest BCUT2D eigenvalue weighted by molar-refractivity contribution is 5.92. The van der Waals surface area contributed by atoms with E-state index < -0.39 is 5.91 Å². The number of aromatic nitrogens is 2. The van der Waals surface area contributed by atoms with E-state index in [2.05, 4.69) is 5.16 Å². The Hall–Kier alpha value is -2.22. The average molecular weight is 361 g/mol. The number of nitrogens with zero attached hydrogens (tertiary/aromatic N) is 3. The van der Waals surface area contributed by atoms with Gasteiger partial charge in [-0.2, -0.15) is 9.13 Å². The number of amides is 1. The smallest absolute Gasteiger partial charge is 0.258 e. The molecule has 9 heteroatoms. The van der Waals surface area contributed by atoms with Crippen molar-refractivity contribution in [1.82, 2.24) is 0 Å². The molecule has 2 aromatic heterocycles. The third-order valence-corrected chi connectivity index (χ3v) is 2.81. The number of hydrogen-bond acceptors (Lipinski definition) is 4. The summed E-state index contributed by atoms with van der Waals surface area (Å²) in [7, 11) is 0. The molecule has 2 heterocycles. The maximum atomic E-state index is 11.0. The highest BCUT2D eigenvalue weighted by Gasteiger charge is 2.09. The predicted molar refractivity (Wildman–Crippen MR) is 72.3 cm³/mol. The second kappa shape index (κ2) is 10.5. The molecule has 0 atom stereocenters. The Kier molecular flexibility index (Phi) is 9.48. The van der Waals surface area contributed by atoms with Crippen molar-refractivity contribution in [3.8, 4) is 0 Å². The quantitative estimate of drug-likeness (QED) is 0.232. The van der Waals surface area contributed by atoms with Crippen LogP contribution in [0.5, 0.6) is 0 Å². The lowest BCUT2D eigenvalue weighted by Crippen LogP contribution is -3.00. The van der Waals surface area contributed by atoms with Crippen LogP contribution in [0, 0.1) is 0 Å². The van der Waals surface area contributed by atoms with Crippen LogP contribution >= 0.6 is 0 Å². The summed E-state index contributed by atoms with van der Waals surface area (Å²) in [5.41, 5.74) is 6.34. The van der Waals surface area contributed by atoms with E-state index in [0.717, 1.165) is 0 Å².